The highest BCUT2D eigenvalue weighted by Gasteiger charge is 2.35. The summed E-state index contributed by atoms with van der Waals surface area (Å²) < 4.78 is 6.18. The minimum absolute atomic E-state index is 0.0889. The van der Waals surface area contributed by atoms with Crippen LogP contribution in [-0.4, -0.2) is 22.0 Å². The van der Waals surface area contributed by atoms with E-state index in [1.165, 1.54) is 0 Å². The number of amides is 2. The smallest absolute Gasteiger partial charge is 0.344 e. The first kappa shape index (κ1) is 25.5. The fourth-order valence-electron chi connectivity index (χ4n) is 3.86. The van der Waals surface area contributed by atoms with Crippen molar-refractivity contribution in [1.29, 1.82) is 0 Å². The molecule has 5 nitrogen and oxygen atoms in total. The number of nitrogens with zero attached hydrogens (tertiary/aromatic N) is 1. The van der Waals surface area contributed by atoms with Crippen molar-refractivity contribution in [2.24, 2.45) is 0 Å². The van der Waals surface area contributed by atoms with Crippen LogP contribution in [0.4, 0.5) is 4.79 Å². The lowest BCUT2D eigenvalue weighted by molar-refractivity contribution is -0.123. The molecule has 4 aromatic carbocycles. The maximum atomic E-state index is 12.9. The molecular formula is C28H16BrCl2NO4S. The molecule has 0 bridgehead atoms. The first-order valence-corrected chi connectivity index (χ1v) is 13.4. The molecule has 1 fully saturated rings. The maximum Gasteiger partial charge on any atom is 0.344 e. The molecule has 4 aromatic rings. The largest absolute Gasteiger partial charge is 0.422 e. The number of hydrogen-bond acceptors (Lipinski definition) is 5. The Labute approximate surface area is 235 Å². The Balaban J connectivity index is 1.32. The van der Waals surface area contributed by atoms with E-state index in [9.17, 15) is 14.4 Å². The van der Waals surface area contributed by atoms with E-state index in [1.54, 1.807) is 48.5 Å². The summed E-state index contributed by atoms with van der Waals surface area (Å²) in [5.41, 5.74) is 1.82. The number of esters is 1. The van der Waals surface area contributed by atoms with Crippen LogP contribution in [0.1, 0.15) is 21.5 Å². The van der Waals surface area contributed by atoms with E-state index >= 15 is 0 Å². The van der Waals surface area contributed by atoms with E-state index in [2.05, 4.69) is 15.9 Å². The summed E-state index contributed by atoms with van der Waals surface area (Å²) in [6.45, 7) is 0.0889. The molecule has 184 valence electrons. The molecule has 0 aliphatic carbocycles. The van der Waals surface area contributed by atoms with Crippen molar-refractivity contribution in [3.63, 3.8) is 0 Å². The van der Waals surface area contributed by atoms with Gasteiger partial charge in [0.15, 0.2) is 0 Å². The molecular weight excluding hydrogens is 597 g/mol. The minimum Gasteiger partial charge on any atom is -0.422 e. The number of thioether (sulfide) groups is 1. The Morgan fingerprint density at radius 3 is 2.51 bits per heavy atom. The predicted octanol–water partition coefficient (Wildman–Crippen LogP) is 8.36. The fraction of sp³-hybridized carbons (Fsp3) is 0.0357. The van der Waals surface area contributed by atoms with Gasteiger partial charge in [0.05, 0.1) is 31.5 Å². The average molecular weight is 613 g/mol. The molecule has 0 spiro atoms. The summed E-state index contributed by atoms with van der Waals surface area (Å²) in [5, 5.41) is 2.13. The number of ether oxygens (including phenoxy) is 1. The second-order valence-corrected chi connectivity index (χ2v) is 10.8. The van der Waals surface area contributed by atoms with Crippen LogP contribution in [0.2, 0.25) is 10.0 Å². The molecule has 1 heterocycles. The quantitative estimate of drug-likeness (QED) is 0.129. The van der Waals surface area contributed by atoms with Crippen molar-refractivity contribution < 1.29 is 19.1 Å². The third kappa shape index (κ3) is 5.45. The van der Waals surface area contributed by atoms with Crippen LogP contribution in [0.15, 0.2) is 88.2 Å². The van der Waals surface area contributed by atoms with Gasteiger partial charge in [0.25, 0.3) is 11.1 Å². The Kier molecular flexibility index (Phi) is 7.40. The monoisotopic (exact) mass is 611 g/mol. The molecule has 0 radical (unpaired) electrons. The van der Waals surface area contributed by atoms with E-state index in [0.29, 0.717) is 37.0 Å². The van der Waals surface area contributed by atoms with Gasteiger partial charge in [-0.05, 0) is 86.0 Å². The molecule has 5 rings (SSSR count). The van der Waals surface area contributed by atoms with Crippen molar-refractivity contribution in [3.8, 4) is 5.75 Å². The van der Waals surface area contributed by atoms with Crippen molar-refractivity contribution in [2.45, 2.75) is 6.54 Å². The number of hydrogen-bond donors (Lipinski definition) is 0. The molecule has 2 amide bonds. The standard InChI is InChI=1S/C28H16BrCl2NO4S/c29-21-12-16(9-11-24(21)36-27(34)20-7-3-5-18-4-1-2-6-19(18)20)14-25-26(33)32(28(35)37-25)15-17-8-10-22(30)23(31)13-17/h1-14H,15H2/b25-14-. The third-order valence-corrected chi connectivity index (χ3v) is 7.93. The van der Waals surface area contributed by atoms with Crippen molar-refractivity contribution >= 4 is 84.9 Å². The summed E-state index contributed by atoms with van der Waals surface area (Å²) in [7, 11) is 0. The first-order chi connectivity index (χ1) is 17.8. The molecule has 37 heavy (non-hydrogen) atoms. The molecule has 0 aromatic heterocycles. The van der Waals surface area contributed by atoms with Crippen molar-refractivity contribution in [2.75, 3.05) is 0 Å². The average Bonchev–Trinajstić information content (AvgIpc) is 3.14. The summed E-state index contributed by atoms with van der Waals surface area (Å²) >= 11 is 16.3. The minimum atomic E-state index is -0.478. The maximum absolute atomic E-state index is 12.9. The number of rotatable bonds is 5. The zero-order valence-corrected chi connectivity index (χ0v) is 22.8. The van der Waals surface area contributed by atoms with Gasteiger partial charge < -0.3 is 4.74 Å². The van der Waals surface area contributed by atoms with Crippen LogP contribution in [0, 0.1) is 0 Å². The van der Waals surface area contributed by atoms with Gasteiger partial charge in [-0.2, -0.15) is 0 Å². The topological polar surface area (TPSA) is 63.7 Å². The second-order valence-electron chi connectivity index (χ2n) is 8.12. The van der Waals surface area contributed by atoms with E-state index in [-0.39, 0.29) is 16.7 Å². The molecule has 0 N–H and O–H groups in total. The first-order valence-electron chi connectivity index (χ1n) is 11.0. The number of carbonyl (C=O) groups excluding carboxylic acids is 3. The van der Waals surface area contributed by atoms with E-state index < -0.39 is 11.9 Å². The number of halogens is 3. The Morgan fingerprint density at radius 2 is 1.73 bits per heavy atom. The SMILES string of the molecule is O=C(Oc1ccc(/C=C2\SC(=O)N(Cc3ccc(Cl)c(Cl)c3)C2=O)cc1Br)c1cccc2ccccc12. The van der Waals surface area contributed by atoms with Crippen molar-refractivity contribution in [1.82, 2.24) is 4.90 Å². The third-order valence-electron chi connectivity index (χ3n) is 5.66. The fourth-order valence-corrected chi connectivity index (χ4v) is 5.49. The van der Waals surface area contributed by atoms with Crippen molar-refractivity contribution in [3.05, 3.63) is 115 Å². The van der Waals surface area contributed by atoms with Crippen LogP contribution in [0.5, 0.6) is 5.75 Å². The second kappa shape index (κ2) is 10.7. The van der Waals surface area contributed by atoms with Crippen LogP contribution in [-0.2, 0) is 11.3 Å². The predicted molar refractivity (Wildman–Crippen MR) is 151 cm³/mol. The Morgan fingerprint density at radius 1 is 0.946 bits per heavy atom. The number of benzene rings is 4. The highest BCUT2D eigenvalue weighted by molar-refractivity contribution is 9.10. The lowest BCUT2D eigenvalue weighted by Crippen LogP contribution is -2.27. The van der Waals surface area contributed by atoms with Crippen LogP contribution in [0.25, 0.3) is 16.8 Å². The van der Waals surface area contributed by atoms with Crippen LogP contribution >= 0.6 is 50.9 Å². The van der Waals surface area contributed by atoms with E-state index in [4.69, 9.17) is 27.9 Å². The molecule has 1 aliphatic heterocycles. The lowest BCUT2D eigenvalue weighted by Gasteiger charge is -2.13. The molecule has 9 heteroatoms. The van der Waals surface area contributed by atoms with Crippen LogP contribution in [0.3, 0.4) is 0 Å². The van der Waals surface area contributed by atoms with E-state index in [1.807, 2.05) is 36.4 Å². The molecule has 1 aliphatic rings. The molecule has 0 unspecified atom stereocenters. The van der Waals surface area contributed by atoms with E-state index in [0.717, 1.165) is 27.4 Å². The summed E-state index contributed by atoms with van der Waals surface area (Å²) in [5.74, 6) is -0.542. The zero-order valence-electron chi connectivity index (χ0n) is 18.9. The Bertz CT molecular complexity index is 1620. The van der Waals surface area contributed by atoms with Gasteiger partial charge in [-0.1, -0.05) is 71.7 Å². The number of fused-ring (bicyclic) bond motifs is 1. The van der Waals surface area contributed by atoms with Gasteiger partial charge in [0.1, 0.15) is 5.75 Å². The zero-order chi connectivity index (χ0) is 26.1. The normalized spacial score (nSPS) is 14.6. The summed E-state index contributed by atoms with van der Waals surface area (Å²) in [6.07, 6.45) is 1.63. The molecule has 1 saturated heterocycles. The molecule has 0 saturated carbocycles. The Hall–Kier alpha value is -3.10. The lowest BCUT2D eigenvalue weighted by atomic mass is 10.0. The summed E-state index contributed by atoms with van der Waals surface area (Å²) in [4.78, 5) is 39.8. The summed E-state index contributed by atoms with van der Waals surface area (Å²) in [6, 6.07) is 23.1. The van der Waals surface area contributed by atoms with Gasteiger partial charge in [-0.15, -0.1) is 0 Å². The number of imide groups is 1. The highest BCUT2D eigenvalue weighted by atomic mass is 79.9. The van der Waals surface area contributed by atoms with Gasteiger partial charge >= 0.3 is 5.97 Å². The van der Waals surface area contributed by atoms with Gasteiger partial charge in [-0.25, -0.2) is 4.79 Å². The van der Waals surface area contributed by atoms with Crippen LogP contribution < -0.4 is 4.74 Å². The van der Waals surface area contributed by atoms with Gasteiger partial charge in [-0.3, -0.25) is 14.5 Å². The van der Waals surface area contributed by atoms with Gasteiger partial charge in [0, 0.05) is 0 Å². The van der Waals surface area contributed by atoms with Gasteiger partial charge in [0.2, 0.25) is 0 Å². The highest BCUT2D eigenvalue weighted by Crippen LogP contribution is 2.35. The molecule has 0 atom stereocenters. The number of carbonyl (C=O) groups is 3.